The monoisotopic (exact) mass is 494 g/mol. The molecular formula is C27H31FN4O4. The molecule has 1 saturated heterocycles. The summed E-state index contributed by atoms with van der Waals surface area (Å²) < 4.78 is 20.1. The van der Waals surface area contributed by atoms with E-state index in [-0.39, 0.29) is 36.2 Å². The van der Waals surface area contributed by atoms with Gasteiger partial charge in [0.2, 0.25) is 0 Å². The average molecular weight is 495 g/mol. The van der Waals surface area contributed by atoms with Gasteiger partial charge < -0.3 is 15.0 Å². The molecule has 2 aliphatic rings. The van der Waals surface area contributed by atoms with Crippen molar-refractivity contribution >= 4 is 17.9 Å². The molecule has 0 saturated carbocycles. The molecule has 0 spiro atoms. The largest absolute Gasteiger partial charge is 0.463 e. The Hall–Kier alpha value is -3.72. The lowest BCUT2D eigenvalue weighted by Gasteiger charge is -2.42. The first-order valence-corrected chi connectivity index (χ1v) is 12.1. The van der Waals surface area contributed by atoms with Crippen LogP contribution in [0.25, 0.3) is 0 Å². The van der Waals surface area contributed by atoms with E-state index in [0.29, 0.717) is 30.9 Å². The molecular weight excluding hydrogens is 463 g/mol. The smallest absolute Gasteiger partial charge is 0.338 e. The van der Waals surface area contributed by atoms with Crippen LogP contribution < -0.4 is 5.32 Å². The number of likely N-dealkylation sites (N-methyl/N-ethyl adjacent to an activating group) is 1. The number of carbonyl (C=O) groups is 3. The minimum absolute atomic E-state index is 0.0250. The lowest BCUT2D eigenvalue weighted by Crippen LogP contribution is -2.56. The van der Waals surface area contributed by atoms with Crippen LogP contribution in [0.1, 0.15) is 35.8 Å². The lowest BCUT2D eigenvalue weighted by molar-refractivity contribution is -0.139. The minimum atomic E-state index is -0.970. The van der Waals surface area contributed by atoms with Crippen molar-refractivity contribution < 1.29 is 23.5 Å². The summed E-state index contributed by atoms with van der Waals surface area (Å²) in [6.45, 7) is 5.72. The third-order valence-corrected chi connectivity index (χ3v) is 6.66. The zero-order chi connectivity index (χ0) is 25.8. The van der Waals surface area contributed by atoms with Crippen molar-refractivity contribution in [3.8, 4) is 0 Å². The van der Waals surface area contributed by atoms with Crippen LogP contribution in [0.15, 0.2) is 65.9 Å². The van der Waals surface area contributed by atoms with Gasteiger partial charge in [-0.2, -0.15) is 0 Å². The first-order chi connectivity index (χ1) is 17.3. The molecule has 0 aromatic heterocycles. The maximum Gasteiger partial charge on any atom is 0.338 e. The van der Waals surface area contributed by atoms with Gasteiger partial charge in [-0.15, -0.1) is 0 Å². The number of rotatable bonds is 6. The molecule has 190 valence electrons. The van der Waals surface area contributed by atoms with Gasteiger partial charge in [0, 0.05) is 56.1 Å². The van der Waals surface area contributed by atoms with Crippen molar-refractivity contribution in [2.45, 2.75) is 25.9 Å². The summed E-state index contributed by atoms with van der Waals surface area (Å²) in [6, 6.07) is 13.7. The number of hydrogen-bond acceptors (Lipinski definition) is 5. The van der Waals surface area contributed by atoms with Gasteiger partial charge >= 0.3 is 12.0 Å². The van der Waals surface area contributed by atoms with Gasteiger partial charge in [0.1, 0.15) is 5.82 Å². The van der Waals surface area contributed by atoms with Crippen LogP contribution in [0.2, 0.25) is 0 Å². The summed E-state index contributed by atoms with van der Waals surface area (Å²) in [5.74, 6) is -1.14. The van der Waals surface area contributed by atoms with E-state index in [1.807, 2.05) is 30.0 Å². The van der Waals surface area contributed by atoms with E-state index >= 15 is 0 Å². The van der Waals surface area contributed by atoms with Gasteiger partial charge in [-0.1, -0.05) is 36.4 Å². The van der Waals surface area contributed by atoms with Gasteiger partial charge in [-0.3, -0.25) is 14.6 Å². The predicted molar refractivity (Wildman–Crippen MR) is 132 cm³/mol. The standard InChI is InChI=1S/C27H31FN4O4/c1-4-36-26(34)23-22(30(3)27(35)29-24(23)20-12-8-9-13-21(20)28)17-31-14-15-32(18(2)16-31)25(33)19-10-6-5-7-11-19/h5-13,18,24H,4,14-17H2,1-3H3,(H,29,35). The van der Waals surface area contributed by atoms with Crippen molar-refractivity contribution in [1.82, 2.24) is 20.0 Å². The fraction of sp³-hybridized carbons (Fsp3) is 0.370. The SMILES string of the molecule is CCOC(=O)C1=C(CN2CCN(C(=O)c3ccccc3)C(C)C2)N(C)C(=O)NC1c1ccccc1F. The molecule has 2 atom stereocenters. The molecule has 0 aliphatic carbocycles. The van der Waals surface area contributed by atoms with Gasteiger partial charge in [0.15, 0.2) is 0 Å². The maximum atomic E-state index is 14.7. The zero-order valence-corrected chi connectivity index (χ0v) is 20.7. The van der Waals surface area contributed by atoms with Crippen molar-refractivity contribution in [3.05, 3.63) is 82.8 Å². The van der Waals surface area contributed by atoms with Crippen LogP contribution in [0.4, 0.5) is 9.18 Å². The fourth-order valence-electron chi connectivity index (χ4n) is 4.78. The fourth-order valence-corrected chi connectivity index (χ4v) is 4.78. The number of urea groups is 1. The first kappa shape index (κ1) is 25.4. The Morgan fingerprint density at radius 2 is 1.78 bits per heavy atom. The van der Waals surface area contributed by atoms with Crippen LogP contribution in [-0.2, 0) is 9.53 Å². The molecule has 3 amide bonds. The Balaban J connectivity index is 1.62. The Morgan fingerprint density at radius 3 is 2.44 bits per heavy atom. The molecule has 0 bridgehead atoms. The summed E-state index contributed by atoms with van der Waals surface area (Å²) >= 11 is 0. The molecule has 2 aromatic rings. The molecule has 4 rings (SSSR count). The Morgan fingerprint density at radius 1 is 1.08 bits per heavy atom. The second-order valence-electron chi connectivity index (χ2n) is 8.99. The number of nitrogens with one attached hydrogen (secondary N) is 1. The number of hydrogen-bond donors (Lipinski definition) is 1. The number of piperazine rings is 1. The number of esters is 1. The highest BCUT2D eigenvalue weighted by Crippen LogP contribution is 2.33. The summed E-state index contributed by atoms with van der Waals surface area (Å²) in [4.78, 5) is 44.3. The highest BCUT2D eigenvalue weighted by Gasteiger charge is 2.39. The highest BCUT2D eigenvalue weighted by atomic mass is 19.1. The van der Waals surface area contributed by atoms with E-state index in [9.17, 15) is 18.8 Å². The summed E-state index contributed by atoms with van der Waals surface area (Å²) in [6.07, 6.45) is 0. The van der Waals surface area contributed by atoms with Gasteiger partial charge in [-0.25, -0.2) is 14.0 Å². The zero-order valence-electron chi connectivity index (χ0n) is 20.7. The quantitative estimate of drug-likeness (QED) is 0.624. The summed E-state index contributed by atoms with van der Waals surface area (Å²) in [7, 11) is 1.58. The molecule has 2 aliphatic heterocycles. The maximum absolute atomic E-state index is 14.7. The minimum Gasteiger partial charge on any atom is -0.463 e. The van der Waals surface area contributed by atoms with E-state index in [2.05, 4.69) is 10.2 Å². The molecule has 2 unspecified atom stereocenters. The molecule has 2 aromatic carbocycles. The Kier molecular flexibility index (Phi) is 7.69. The molecule has 36 heavy (non-hydrogen) atoms. The van der Waals surface area contributed by atoms with Crippen LogP contribution in [0, 0.1) is 5.82 Å². The van der Waals surface area contributed by atoms with Gasteiger partial charge in [0.05, 0.1) is 18.2 Å². The normalized spacial score (nSPS) is 20.8. The lowest BCUT2D eigenvalue weighted by atomic mass is 9.93. The van der Waals surface area contributed by atoms with Crippen LogP contribution in [0.3, 0.4) is 0 Å². The summed E-state index contributed by atoms with van der Waals surface area (Å²) in [5, 5.41) is 2.75. The third kappa shape index (κ3) is 5.11. The molecule has 0 radical (unpaired) electrons. The number of carbonyl (C=O) groups excluding carboxylic acids is 3. The van der Waals surface area contributed by atoms with Gasteiger partial charge in [-0.05, 0) is 32.0 Å². The number of nitrogens with zero attached hydrogens (tertiary/aromatic N) is 3. The number of ether oxygens (including phenoxy) is 1. The van der Waals surface area contributed by atoms with E-state index in [1.165, 1.54) is 11.0 Å². The Bertz CT molecular complexity index is 1170. The van der Waals surface area contributed by atoms with E-state index < -0.39 is 23.9 Å². The van der Waals surface area contributed by atoms with Gasteiger partial charge in [0.25, 0.3) is 5.91 Å². The second kappa shape index (κ2) is 10.9. The molecule has 2 heterocycles. The first-order valence-electron chi connectivity index (χ1n) is 12.1. The molecule has 1 N–H and O–H groups in total. The predicted octanol–water partition coefficient (Wildman–Crippen LogP) is 3.19. The van der Waals surface area contributed by atoms with Crippen molar-refractivity contribution in [1.29, 1.82) is 0 Å². The number of amides is 3. The van der Waals surface area contributed by atoms with E-state index in [0.717, 1.165) is 0 Å². The highest BCUT2D eigenvalue weighted by molar-refractivity contribution is 5.95. The molecule has 8 nitrogen and oxygen atoms in total. The number of benzene rings is 2. The van der Waals surface area contributed by atoms with E-state index in [1.54, 1.807) is 44.3 Å². The molecule has 1 fully saturated rings. The van der Waals surface area contributed by atoms with Crippen LogP contribution in [-0.4, -0.2) is 78.5 Å². The molecule has 9 heteroatoms. The van der Waals surface area contributed by atoms with Crippen molar-refractivity contribution in [2.24, 2.45) is 0 Å². The average Bonchev–Trinajstić information content (AvgIpc) is 2.87. The van der Waals surface area contributed by atoms with Crippen molar-refractivity contribution in [2.75, 3.05) is 39.8 Å². The third-order valence-electron chi connectivity index (χ3n) is 6.66. The summed E-state index contributed by atoms with van der Waals surface area (Å²) in [5.41, 5.74) is 1.51. The number of halogens is 1. The van der Waals surface area contributed by atoms with E-state index in [4.69, 9.17) is 4.74 Å². The van der Waals surface area contributed by atoms with Crippen molar-refractivity contribution in [3.63, 3.8) is 0 Å². The van der Waals surface area contributed by atoms with Crippen LogP contribution in [0.5, 0.6) is 0 Å². The topological polar surface area (TPSA) is 82.2 Å². The van der Waals surface area contributed by atoms with Crippen LogP contribution >= 0.6 is 0 Å². The second-order valence-corrected chi connectivity index (χ2v) is 8.99. The Labute approximate surface area is 210 Å².